The fourth-order valence-electron chi connectivity index (χ4n) is 1.05. The first-order valence-electron chi connectivity index (χ1n) is 5.80. The minimum atomic E-state index is 0.00975. The van der Waals surface area contributed by atoms with E-state index in [1.165, 1.54) is 0 Å². The van der Waals surface area contributed by atoms with E-state index in [0.717, 1.165) is 0 Å². The zero-order valence-corrected chi connectivity index (χ0v) is 10.7. The number of ether oxygens (including phenoxy) is 1. The molecule has 0 unspecified atom stereocenters. The molecular weight excluding hydrogens is 206 g/mol. The van der Waals surface area contributed by atoms with Crippen molar-refractivity contribution in [3.05, 3.63) is 0 Å². The molecule has 1 N–H and O–H groups in total. The van der Waals surface area contributed by atoms with Crippen molar-refractivity contribution in [3.63, 3.8) is 0 Å². The van der Waals surface area contributed by atoms with Crippen LogP contribution in [-0.2, 0) is 14.3 Å². The van der Waals surface area contributed by atoms with Crippen molar-refractivity contribution in [1.82, 2.24) is 5.32 Å². The van der Waals surface area contributed by atoms with Gasteiger partial charge in [-0.15, -0.1) is 0 Å². The zero-order valence-electron chi connectivity index (χ0n) is 10.7. The standard InChI is InChI=1S/C12H23NO3/c1-9(2)7-12(15)13-5-6-16-8-11(14)10(3)4/h9-10H,5-8H2,1-4H3,(H,13,15). The van der Waals surface area contributed by atoms with Crippen LogP contribution in [0.4, 0.5) is 0 Å². The molecule has 16 heavy (non-hydrogen) atoms. The molecule has 0 heterocycles. The lowest BCUT2D eigenvalue weighted by Gasteiger charge is -2.08. The molecule has 0 aliphatic heterocycles. The highest BCUT2D eigenvalue weighted by Gasteiger charge is 2.07. The SMILES string of the molecule is CC(C)CC(=O)NCCOCC(=O)C(C)C. The van der Waals surface area contributed by atoms with Crippen LogP contribution in [0.15, 0.2) is 0 Å². The Hall–Kier alpha value is -0.900. The second-order valence-electron chi connectivity index (χ2n) is 4.62. The Balaban J connectivity index is 3.40. The molecule has 94 valence electrons. The summed E-state index contributed by atoms with van der Waals surface area (Å²) >= 11 is 0. The molecule has 0 spiro atoms. The summed E-state index contributed by atoms with van der Waals surface area (Å²) in [7, 11) is 0. The molecular formula is C12H23NO3. The third-order valence-electron chi connectivity index (χ3n) is 2.05. The van der Waals surface area contributed by atoms with Gasteiger partial charge in [0.05, 0.1) is 6.61 Å². The normalized spacial score (nSPS) is 10.9. The fraction of sp³-hybridized carbons (Fsp3) is 0.833. The van der Waals surface area contributed by atoms with Crippen LogP contribution in [0.5, 0.6) is 0 Å². The Kier molecular flexibility index (Phi) is 7.81. The fourth-order valence-corrected chi connectivity index (χ4v) is 1.05. The number of hydrogen-bond acceptors (Lipinski definition) is 3. The third-order valence-corrected chi connectivity index (χ3v) is 2.05. The van der Waals surface area contributed by atoms with Gasteiger partial charge in [-0.05, 0) is 5.92 Å². The second kappa shape index (κ2) is 8.28. The van der Waals surface area contributed by atoms with E-state index in [2.05, 4.69) is 5.32 Å². The topological polar surface area (TPSA) is 55.4 Å². The molecule has 0 rings (SSSR count). The molecule has 4 heteroatoms. The van der Waals surface area contributed by atoms with Crippen molar-refractivity contribution in [2.45, 2.75) is 34.1 Å². The third kappa shape index (κ3) is 8.41. The molecule has 0 aromatic carbocycles. The molecule has 1 amide bonds. The number of Topliss-reactive ketones (excluding diaryl/α,β-unsaturated/α-hetero) is 1. The Morgan fingerprint density at radius 3 is 2.31 bits per heavy atom. The van der Waals surface area contributed by atoms with Crippen LogP contribution < -0.4 is 5.32 Å². The van der Waals surface area contributed by atoms with E-state index in [0.29, 0.717) is 25.5 Å². The maximum atomic E-state index is 11.2. The summed E-state index contributed by atoms with van der Waals surface area (Å²) in [5.41, 5.74) is 0. The van der Waals surface area contributed by atoms with Crippen LogP contribution in [0, 0.1) is 11.8 Å². The zero-order chi connectivity index (χ0) is 12.6. The average Bonchev–Trinajstić information content (AvgIpc) is 2.15. The van der Waals surface area contributed by atoms with Crippen molar-refractivity contribution >= 4 is 11.7 Å². The minimum Gasteiger partial charge on any atom is -0.372 e. The highest BCUT2D eigenvalue weighted by atomic mass is 16.5. The average molecular weight is 229 g/mol. The number of nitrogens with one attached hydrogen (secondary N) is 1. The molecule has 4 nitrogen and oxygen atoms in total. The number of carbonyl (C=O) groups is 2. The molecule has 0 aliphatic rings. The number of rotatable bonds is 8. The van der Waals surface area contributed by atoms with Gasteiger partial charge in [-0.2, -0.15) is 0 Å². The van der Waals surface area contributed by atoms with E-state index in [-0.39, 0.29) is 24.2 Å². The minimum absolute atomic E-state index is 0.00975. The maximum absolute atomic E-state index is 11.2. The van der Waals surface area contributed by atoms with Crippen molar-refractivity contribution in [2.75, 3.05) is 19.8 Å². The van der Waals surface area contributed by atoms with E-state index in [4.69, 9.17) is 4.74 Å². The summed E-state index contributed by atoms with van der Waals surface area (Å²) in [6.07, 6.45) is 0.533. The number of ketones is 1. The molecule has 0 bridgehead atoms. The van der Waals surface area contributed by atoms with E-state index >= 15 is 0 Å². The predicted octanol–water partition coefficient (Wildman–Crippen LogP) is 1.39. The lowest BCUT2D eigenvalue weighted by molar-refractivity contribution is -0.126. The van der Waals surface area contributed by atoms with Crippen LogP contribution in [0.3, 0.4) is 0 Å². The van der Waals surface area contributed by atoms with Gasteiger partial charge in [-0.3, -0.25) is 9.59 Å². The smallest absolute Gasteiger partial charge is 0.220 e. The summed E-state index contributed by atoms with van der Waals surface area (Å²) in [4.78, 5) is 22.4. The number of amides is 1. The van der Waals surface area contributed by atoms with Gasteiger partial charge in [0.15, 0.2) is 5.78 Å². The Labute approximate surface area is 97.7 Å². The van der Waals surface area contributed by atoms with E-state index < -0.39 is 0 Å². The van der Waals surface area contributed by atoms with Gasteiger partial charge in [0.2, 0.25) is 5.91 Å². The largest absolute Gasteiger partial charge is 0.372 e. The Bertz CT molecular complexity index is 224. The summed E-state index contributed by atoms with van der Waals surface area (Å²) in [6, 6.07) is 0. The summed E-state index contributed by atoms with van der Waals surface area (Å²) < 4.78 is 5.15. The Morgan fingerprint density at radius 1 is 1.19 bits per heavy atom. The van der Waals surface area contributed by atoms with Gasteiger partial charge >= 0.3 is 0 Å². The molecule has 0 radical (unpaired) electrons. The van der Waals surface area contributed by atoms with Gasteiger partial charge in [-0.25, -0.2) is 0 Å². The lowest BCUT2D eigenvalue weighted by Crippen LogP contribution is -2.29. The van der Waals surface area contributed by atoms with Gasteiger partial charge in [0.1, 0.15) is 6.61 Å². The van der Waals surface area contributed by atoms with Crippen LogP contribution in [0.25, 0.3) is 0 Å². The van der Waals surface area contributed by atoms with Crippen LogP contribution >= 0.6 is 0 Å². The van der Waals surface area contributed by atoms with E-state index in [9.17, 15) is 9.59 Å². The molecule has 0 aliphatic carbocycles. The van der Waals surface area contributed by atoms with Crippen LogP contribution in [0.1, 0.15) is 34.1 Å². The molecule has 0 saturated carbocycles. The Morgan fingerprint density at radius 2 is 1.81 bits per heavy atom. The molecule has 0 aromatic rings. The first-order valence-corrected chi connectivity index (χ1v) is 5.80. The molecule has 0 fully saturated rings. The highest BCUT2D eigenvalue weighted by Crippen LogP contribution is 1.97. The number of hydrogen-bond donors (Lipinski definition) is 1. The monoisotopic (exact) mass is 229 g/mol. The maximum Gasteiger partial charge on any atom is 0.220 e. The van der Waals surface area contributed by atoms with Crippen molar-refractivity contribution in [3.8, 4) is 0 Å². The predicted molar refractivity (Wildman–Crippen MR) is 63.1 cm³/mol. The molecule has 0 aromatic heterocycles. The quantitative estimate of drug-likeness (QED) is 0.640. The highest BCUT2D eigenvalue weighted by molar-refractivity contribution is 5.81. The van der Waals surface area contributed by atoms with Crippen molar-refractivity contribution in [2.24, 2.45) is 11.8 Å². The van der Waals surface area contributed by atoms with Crippen LogP contribution in [-0.4, -0.2) is 31.4 Å². The lowest BCUT2D eigenvalue weighted by atomic mass is 10.1. The van der Waals surface area contributed by atoms with Gasteiger partial charge in [-0.1, -0.05) is 27.7 Å². The van der Waals surface area contributed by atoms with Crippen molar-refractivity contribution in [1.29, 1.82) is 0 Å². The van der Waals surface area contributed by atoms with E-state index in [1.807, 2.05) is 27.7 Å². The number of carbonyl (C=O) groups excluding carboxylic acids is 2. The molecule has 0 atom stereocenters. The van der Waals surface area contributed by atoms with Gasteiger partial charge in [0.25, 0.3) is 0 Å². The first-order chi connectivity index (χ1) is 7.43. The van der Waals surface area contributed by atoms with E-state index in [1.54, 1.807) is 0 Å². The second-order valence-corrected chi connectivity index (χ2v) is 4.62. The summed E-state index contributed by atoms with van der Waals surface area (Å²) in [5, 5.41) is 2.74. The summed E-state index contributed by atoms with van der Waals surface area (Å²) in [5.74, 6) is 0.501. The molecule has 0 saturated heterocycles. The van der Waals surface area contributed by atoms with Gasteiger partial charge in [0, 0.05) is 18.9 Å². The summed E-state index contributed by atoms with van der Waals surface area (Å²) in [6.45, 7) is 8.68. The van der Waals surface area contributed by atoms with Crippen LogP contribution in [0.2, 0.25) is 0 Å². The van der Waals surface area contributed by atoms with Gasteiger partial charge < -0.3 is 10.1 Å². The first kappa shape index (κ1) is 15.1. The van der Waals surface area contributed by atoms with Crippen molar-refractivity contribution < 1.29 is 14.3 Å².